The molecule has 0 aromatic heterocycles. The normalized spacial score (nSPS) is 12.6. The zero-order valence-corrected chi connectivity index (χ0v) is 23.4. The molecule has 4 nitrogen and oxygen atoms in total. The summed E-state index contributed by atoms with van der Waals surface area (Å²) in [7, 11) is 0. The van der Waals surface area contributed by atoms with Gasteiger partial charge in [-0.1, -0.05) is 71.4 Å². The van der Waals surface area contributed by atoms with Gasteiger partial charge >= 0.3 is 5.97 Å². The Hall–Kier alpha value is -3.61. The summed E-state index contributed by atoms with van der Waals surface area (Å²) in [4.78, 5) is 24.8. The fourth-order valence-corrected chi connectivity index (χ4v) is 4.20. The van der Waals surface area contributed by atoms with Crippen molar-refractivity contribution in [1.82, 2.24) is 0 Å². The van der Waals surface area contributed by atoms with Gasteiger partial charge in [0.15, 0.2) is 23.5 Å². The number of carbonyl (C=O) groups excluding carboxylic acids is 2. The number of esters is 1. The van der Waals surface area contributed by atoms with Gasteiger partial charge in [-0.2, -0.15) is 0 Å². The summed E-state index contributed by atoms with van der Waals surface area (Å²) in [5.41, 5.74) is 0.686. The molecule has 0 radical (unpaired) electrons. The topological polar surface area (TPSA) is 52.6 Å². The first-order valence-corrected chi connectivity index (χ1v) is 14.0. The Morgan fingerprint density at radius 2 is 1.43 bits per heavy atom. The van der Waals surface area contributed by atoms with E-state index in [1.165, 1.54) is 67.8 Å². The van der Waals surface area contributed by atoms with Crippen LogP contribution in [0.4, 0.5) is 13.2 Å². The maximum Gasteiger partial charge on any atom is 0.346 e. The van der Waals surface area contributed by atoms with Gasteiger partial charge in [0.05, 0.1) is 12.2 Å². The van der Waals surface area contributed by atoms with Crippen molar-refractivity contribution in [1.29, 1.82) is 0 Å². The Bertz CT molecular complexity index is 1270. The molecule has 0 bridgehead atoms. The van der Waals surface area contributed by atoms with Crippen molar-refractivity contribution in [3.63, 3.8) is 0 Å². The summed E-state index contributed by atoms with van der Waals surface area (Å²) in [6.07, 6.45) is 5.55. The van der Waals surface area contributed by atoms with Crippen molar-refractivity contribution < 1.29 is 32.2 Å². The molecule has 0 saturated heterocycles. The summed E-state index contributed by atoms with van der Waals surface area (Å²) in [6, 6.07) is 13.8. The third-order valence-electron chi connectivity index (χ3n) is 6.95. The van der Waals surface area contributed by atoms with Gasteiger partial charge < -0.3 is 9.47 Å². The molecular formula is C33H37F3O4. The van der Waals surface area contributed by atoms with Gasteiger partial charge in [0.25, 0.3) is 0 Å². The highest BCUT2D eigenvalue weighted by Crippen LogP contribution is 2.28. The molecule has 0 unspecified atom stereocenters. The highest BCUT2D eigenvalue weighted by atomic mass is 19.1. The number of halogens is 3. The molecule has 0 heterocycles. The molecule has 3 aromatic rings. The Labute approximate surface area is 234 Å². The molecule has 0 fully saturated rings. The molecule has 0 saturated carbocycles. The van der Waals surface area contributed by atoms with E-state index in [4.69, 9.17) is 9.47 Å². The Morgan fingerprint density at radius 1 is 0.800 bits per heavy atom. The number of carbonyl (C=O) groups is 2. The molecule has 3 rings (SSSR count). The molecule has 214 valence electrons. The van der Waals surface area contributed by atoms with E-state index in [1.807, 2.05) is 0 Å². The van der Waals surface area contributed by atoms with Crippen LogP contribution in [0.25, 0.3) is 11.1 Å². The summed E-state index contributed by atoms with van der Waals surface area (Å²) in [5, 5.41) is 0. The van der Waals surface area contributed by atoms with Crippen LogP contribution in [0.2, 0.25) is 0 Å². The second-order valence-corrected chi connectivity index (χ2v) is 10.0. The molecule has 0 aliphatic carbocycles. The van der Waals surface area contributed by atoms with E-state index >= 15 is 0 Å². The van der Waals surface area contributed by atoms with Gasteiger partial charge in [-0.3, -0.25) is 4.79 Å². The molecule has 0 spiro atoms. The van der Waals surface area contributed by atoms with Gasteiger partial charge in [0.2, 0.25) is 0 Å². The Morgan fingerprint density at radius 3 is 2.05 bits per heavy atom. The lowest BCUT2D eigenvalue weighted by Crippen LogP contribution is -2.23. The third-order valence-corrected chi connectivity index (χ3v) is 6.95. The third kappa shape index (κ3) is 8.44. The zero-order chi connectivity index (χ0) is 29.1. The quantitative estimate of drug-likeness (QED) is 0.0813. The highest BCUT2D eigenvalue weighted by molar-refractivity contribution is 5.99. The lowest BCUT2D eigenvalue weighted by atomic mass is 9.96. The maximum atomic E-state index is 14.8. The molecular weight excluding hydrogens is 517 g/mol. The summed E-state index contributed by atoms with van der Waals surface area (Å²) in [6.45, 7) is 6.07. The lowest BCUT2D eigenvalue weighted by Gasteiger charge is -2.13. The Kier molecular flexibility index (Phi) is 11.8. The predicted octanol–water partition coefficient (Wildman–Crippen LogP) is 9.16. The first-order valence-electron chi connectivity index (χ1n) is 14.0. The summed E-state index contributed by atoms with van der Waals surface area (Å²) >= 11 is 0. The number of unbranched alkanes of at least 4 members (excludes halogenated alkanes) is 5. The predicted molar refractivity (Wildman–Crippen MR) is 151 cm³/mol. The standard InChI is InChI=1S/C33H37F3O4/c1-4-6-7-8-9-10-19-39-30-18-14-25(21-29(30)35)24-13-17-27(28(34)20-24)33(38)40-26-15-11-23(12-16-26)32(37)31(36)22(3)5-2/h11-18,20-22,31H,4-10,19H2,1-3H3/t22-,31+/m0/s1. The minimum Gasteiger partial charge on any atom is -0.491 e. The maximum absolute atomic E-state index is 14.8. The van der Waals surface area contributed by atoms with Gasteiger partial charge in [0, 0.05) is 5.56 Å². The Balaban J connectivity index is 1.59. The van der Waals surface area contributed by atoms with Gasteiger partial charge in [-0.25, -0.2) is 18.0 Å². The van der Waals surface area contributed by atoms with E-state index in [2.05, 4.69) is 6.92 Å². The van der Waals surface area contributed by atoms with Gasteiger partial charge in [-0.15, -0.1) is 0 Å². The number of hydrogen-bond donors (Lipinski definition) is 0. The molecule has 0 N–H and O–H groups in total. The first-order chi connectivity index (χ1) is 19.2. The fourth-order valence-electron chi connectivity index (χ4n) is 4.20. The van der Waals surface area contributed by atoms with Gasteiger partial charge in [0.1, 0.15) is 11.6 Å². The van der Waals surface area contributed by atoms with Crippen LogP contribution in [0, 0.1) is 17.6 Å². The number of ether oxygens (including phenoxy) is 2. The molecule has 0 aliphatic heterocycles. The second kappa shape index (κ2) is 15.2. The first kappa shape index (κ1) is 30.9. The monoisotopic (exact) mass is 554 g/mol. The lowest BCUT2D eigenvalue weighted by molar-refractivity contribution is 0.0730. The van der Waals surface area contributed by atoms with Crippen LogP contribution in [0.3, 0.4) is 0 Å². The fraction of sp³-hybridized carbons (Fsp3) is 0.394. The number of Topliss-reactive ketones (excluding diaryl/α,β-unsaturated/α-hetero) is 1. The molecule has 40 heavy (non-hydrogen) atoms. The van der Waals surface area contributed by atoms with Crippen molar-refractivity contribution in [2.24, 2.45) is 5.92 Å². The van der Waals surface area contributed by atoms with Crippen LogP contribution >= 0.6 is 0 Å². The van der Waals surface area contributed by atoms with Crippen LogP contribution in [-0.4, -0.2) is 24.5 Å². The van der Waals surface area contributed by atoms with Crippen molar-refractivity contribution >= 4 is 11.8 Å². The smallest absolute Gasteiger partial charge is 0.346 e. The van der Waals surface area contributed by atoms with Crippen LogP contribution in [0.1, 0.15) is 86.4 Å². The molecule has 0 amide bonds. The summed E-state index contributed by atoms with van der Waals surface area (Å²) < 4.78 is 54.5. The number of hydrogen-bond acceptors (Lipinski definition) is 4. The zero-order valence-electron chi connectivity index (χ0n) is 23.4. The van der Waals surface area contributed by atoms with E-state index in [9.17, 15) is 22.8 Å². The van der Waals surface area contributed by atoms with E-state index < -0.39 is 35.5 Å². The van der Waals surface area contributed by atoms with Gasteiger partial charge in [-0.05, 0) is 72.0 Å². The van der Waals surface area contributed by atoms with Crippen LogP contribution in [-0.2, 0) is 0 Å². The van der Waals surface area contributed by atoms with E-state index in [1.54, 1.807) is 19.9 Å². The van der Waals surface area contributed by atoms with Crippen molar-refractivity contribution in [2.75, 3.05) is 6.61 Å². The van der Waals surface area contributed by atoms with Crippen LogP contribution < -0.4 is 9.47 Å². The molecule has 2 atom stereocenters. The van der Waals surface area contributed by atoms with E-state index in [0.717, 1.165) is 25.3 Å². The minimum atomic E-state index is -1.62. The average molecular weight is 555 g/mol. The number of benzene rings is 3. The van der Waals surface area contributed by atoms with Crippen molar-refractivity contribution in [2.45, 2.75) is 71.9 Å². The van der Waals surface area contributed by atoms with Crippen LogP contribution in [0.5, 0.6) is 11.5 Å². The number of rotatable bonds is 15. The second-order valence-electron chi connectivity index (χ2n) is 10.0. The SMILES string of the molecule is CCCCCCCCOc1ccc(-c2ccc(C(=O)Oc3ccc(C(=O)[C@H](F)[C@@H](C)CC)cc3)c(F)c2)cc1F. The number of ketones is 1. The molecule has 7 heteroatoms. The van der Waals surface area contributed by atoms with Crippen molar-refractivity contribution in [3.05, 3.63) is 83.4 Å². The largest absolute Gasteiger partial charge is 0.491 e. The van der Waals surface area contributed by atoms with Crippen molar-refractivity contribution in [3.8, 4) is 22.6 Å². The number of alkyl halides is 1. The molecule has 0 aliphatic rings. The van der Waals surface area contributed by atoms with Crippen LogP contribution in [0.15, 0.2) is 60.7 Å². The highest BCUT2D eigenvalue weighted by Gasteiger charge is 2.24. The summed E-state index contributed by atoms with van der Waals surface area (Å²) in [5.74, 6) is -3.12. The minimum absolute atomic E-state index is 0.0857. The molecule has 3 aromatic carbocycles. The van der Waals surface area contributed by atoms with E-state index in [0.29, 0.717) is 24.2 Å². The van der Waals surface area contributed by atoms with E-state index in [-0.39, 0.29) is 22.6 Å². The average Bonchev–Trinajstić information content (AvgIpc) is 2.96.